The summed E-state index contributed by atoms with van der Waals surface area (Å²) in [7, 11) is 0. The summed E-state index contributed by atoms with van der Waals surface area (Å²) in [5, 5.41) is 13.3. The van der Waals surface area contributed by atoms with E-state index in [9.17, 15) is 4.79 Å². The van der Waals surface area contributed by atoms with Gasteiger partial charge in [0.15, 0.2) is 0 Å². The number of hydrogen-bond acceptors (Lipinski definition) is 4. The van der Waals surface area contributed by atoms with Crippen molar-refractivity contribution in [2.24, 2.45) is 0 Å². The molecule has 1 aromatic heterocycles. The highest BCUT2D eigenvalue weighted by atomic mass is 35.5. The first kappa shape index (κ1) is 16.6. The average Bonchev–Trinajstić information content (AvgIpc) is 2.49. The Hall–Kier alpha value is -1.74. The molecule has 0 aliphatic heterocycles. The third-order valence-corrected chi connectivity index (χ3v) is 4.13. The molecule has 112 valence electrons. The zero-order chi connectivity index (χ0) is 15.9. The van der Waals surface area contributed by atoms with Gasteiger partial charge >= 0.3 is 0 Å². The first-order chi connectivity index (χ1) is 10.6. The molecule has 1 heterocycles. The predicted molar refractivity (Wildman–Crippen MR) is 89.4 cm³/mol. The van der Waals surface area contributed by atoms with Crippen molar-refractivity contribution in [1.29, 1.82) is 5.26 Å². The van der Waals surface area contributed by atoms with E-state index >= 15 is 0 Å². The van der Waals surface area contributed by atoms with Gasteiger partial charge in [-0.15, -0.1) is 11.8 Å². The molecule has 0 fully saturated rings. The molecule has 0 aliphatic carbocycles. The summed E-state index contributed by atoms with van der Waals surface area (Å²) >= 11 is 13.1. The number of thioether (sulfide) groups is 1. The molecule has 7 heteroatoms. The summed E-state index contributed by atoms with van der Waals surface area (Å²) in [5.41, 5.74) is 0.952. The predicted octanol–water partition coefficient (Wildman–Crippen LogP) is 4.38. The summed E-state index contributed by atoms with van der Waals surface area (Å²) in [6.07, 6.45) is 1.91. The summed E-state index contributed by atoms with van der Waals surface area (Å²) in [6, 6.07) is 10.3. The van der Waals surface area contributed by atoms with Crippen molar-refractivity contribution in [2.45, 2.75) is 11.4 Å². The number of amides is 1. The lowest BCUT2D eigenvalue weighted by molar-refractivity contribution is -0.115. The lowest BCUT2D eigenvalue weighted by Crippen LogP contribution is -2.12. The number of halogens is 2. The Labute approximate surface area is 142 Å². The lowest BCUT2D eigenvalue weighted by Gasteiger charge is -2.06. The third kappa shape index (κ3) is 4.92. The molecule has 0 unspecified atom stereocenters. The van der Waals surface area contributed by atoms with Crippen molar-refractivity contribution >= 4 is 46.6 Å². The van der Waals surface area contributed by atoms with Gasteiger partial charge in [0.05, 0.1) is 20.6 Å². The van der Waals surface area contributed by atoms with Crippen LogP contribution < -0.4 is 5.32 Å². The Morgan fingerprint density at radius 3 is 2.77 bits per heavy atom. The maximum atomic E-state index is 11.8. The first-order valence-corrected chi connectivity index (χ1v) is 8.06. The highest BCUT2D eigenvalue weighted by molar-refractivity contribution is 7.99. The number of carbonyl (C=O) groups is 1. The SMILES string of the molecule is N#Cc1ccc(NC(=O)CCSc2ccc(Cl)cn2)cc1Cl. The zero-order valence-corrected chi connectivity index (χ0v) is 13.7. The molecule has 1 N–H and O–H groups in total. The van der Waals surface area contributed by atoms with E-state index in [1.54, 1.807) is 30.5 Å². The van der Waals surface area contributed by atoms with Crippen LogP contribution in [-0.4, -0.2) is 16.6 Å². The van der Waals surface area contributed by atoms with Crippen molar-refractivity contribution in [3.05, 3.63) is 52.1 Å². The fraction of sp³-hybridized carbons (Fsp3) is 0.133. The van der Waals surface area contributed by atoms with Crippen LogP contribution in [0.2, 0.25) is 10.0 Å². The number of carbonyl (C=O) groups excluding carboxylic acids is 1. The standard InChI is InChI=1S/C15H11Cl2N3OS/c16-11-2-4-15(19-9-11)22-6-5-14(21)20-12-3-1-10(8-18)13(17)7-12/h1-4,7,9H,5-6H2,(H,20,21). The van der Waals surface area contributed by atoms with E-state index in [-0.39, 0.29) is 5.91 Å². The van der Waals surface area contributed by atoms with E-state index in [1.165, 1.54) is 11.8 Å². The maximum absolute atomic E-state index is 11.8. The monoisotopic (exact) mass is 351 g/mol. The number of hydrogen-bond donors (Lipinski definition) is 1. The van der Waals surface area contributed by atoms with Gasteiger partial charge in [0.2, 0.25) is 5.91 Å². The summed E-state index contributed by atoms with van der Waals surface area (Å²) in [6.45, 7) is 0. The molecular weight excluding hydrogens is 341 g/mol. The highest BCUT2D eigenvalue weighted by Gasteiger charge is 2.06. The van der Waals surface area contributed by atoms with Gasteiger partial charge in [-0.2, -0.15) is 5.26 Å². The molecule has 2 rings (SSSR count). The summed E-state index contributed by atoms with van der Waals surface area (Å²) in [5.74, 6) is 0.479. The number of rotatable bonds is 5. The van der Waals surface area contributed by atoms with Crippen molar-refractivity contribution in [3.8, 4) is 6.07 Å². The van der Waals surface area contributed by atoms with E-state index in [2.05, 4.69) is 10.3 Å². The minimum Gasteiger partial charge on any atom is -0.326 e. The quantitative estimate of drug-likeness (QED) is 0.811. The van der Waals surface area contributed by atoms with Crippen LogP contribution in [0.5, 0.6) is 0 Å². The molecule has 1 amide bonds. The summed E-state index contributed by atoms with van der Waals surface area (Å²) < 4.78 is 0. The van der Waals surface area contributed by atoms with Crippen LogP contribution in [0.3, 0.4) is 0 Å². The average molecular weight is 352 g/mol. The molecule has 0 bridgehead atoms. The zero-order valence-electron chi connectivity index (χ0n) is 11.3. The topological polar surface area (TPSA) is 65.8 Å². The van der Waals surface area contributed by atoms with Crippen LogP contribution in [-0.2, 0) is 4.79 Å². The van der Waals surface area contributed by atoms with E-state index in [0.717, 1.165) is 5.03 Å². The second-order valence-corrected chi connectivity index (χ2v) is 6.23. The third-order valence-electron chi connectivity index (χ3n) is 2.65. The van der Waals surface area contributed by atoms with Gasteiger partial charge in [-0.1, -0.05) is 23.2 Å². The number of pyridine rings is 1. The number of benzene rings is 1. The Balaban J connectivity index is 1.82. The van der Waals surface area contributed by atoms with Gasteiger partial charge in [-0.3, -0.25) is 4.79 Å². The smallest absolute Gasteiger partial charge is 0.225 e. The molecule has 0 spiro atoms. The number of aromatic nitrogens is 1. The van der Waals surface area contributed by atoms with Gasteiger partial charge < -0.3 is 5.32 Å². The van der Waals surface area contributed by atoms with Crippen LogP contribution in [0.15, 0.2) is 41.6 Å². The summed E-state index contributed by atoms with van der Waals surface area (Å²) in [4.78, 5) is 16.0. The van der Waals surface area contributed by atoms with Crippen molar-refractivity contribution in [2.75, 3.05) is 11.1 Å². The van der Waals surface area contributed by atoms with E-state index in [4.69, 9.17) is 28.5 Å². The van der Waals surface area contributed by atoms with Crippen LogP contribution in [0.4, 0.5) is 5.69 Å². The Kier molecular flexibility index (Phi) is 6.08. The van der Waals surface area contributed by atoms with Crippen LogP contribution in [0.25, 0.3) is 0 Å². The van der Waals surface area contributed by atoms with Crippen LogP contribution >= 0.6 is 35.0 Å². The molecule has 0 aliphatic rings. The molecule has 0 atom stereocenters. The normalized spacial score (nSPS) is 10.0. The molecule has 22 heavy (non-hydrogen) atoms. The molecule has 4 nitrogen and oxygen atoms in total. The Bertz CT molecular complexity index is 714. The van der Waals surface area contributed by atoms with Crippen LogP contribution in [0, 0.1) is 11.3 Å². The highest BCUT2D eigenvalue weighted by Crippen LogP contribution is 2.21. The Morgan fingerprint density at radius 1 is 1.32 bits per heavy atom. The van der Waals surface area contributed by atoms with Gasteiger partial charge in [0.25, 0.3) is 0 Å². The molecule has 0 radical (unpaired) electrons. The maximum Gasteiger partial charge on any atom is 0.225 e. The molecule has 2 aromatic rings. The van der Waals surface area contributed by atoms with E-state index in [1.807, 2.05) is 12.1 Å². The molecular formula is C15H11Cl2N3OS. The van der Waals surface area contributed by atoms with Crippen molar-refractivity contribution < 1.29 is 4.79 Å². The van der Waals surface area contributed by atoms with Crippen molar-refractivity contribution in [3.63, 3.8) is 0 Å². The van der Waals surface area contributed by atoms with Gasteiger partial charge in [0.1, 0.15) is 6.07 Å². The van der Waals surface area contributed by atoms with E-state index < -0.39 is 0 Å². The number of nitriles is 1. The fourth-order valence-electron chi connectivity index (χ4n) is 1.60. The van der Waals surface area contributed by atoms with E-state index in [0.29, 0.717) is 33.5 Å². The Morgan fingerprint density at radius 2 is 2.14 bits per heavy atom. The number of nitrogens with one attached hydrogen (secondary N) is 1. The minimum absolute atomic E-state index is 0.123. The fourth-order valence-corrected chi connectivity index (χ4v) is 2.73. The second kappa shape index (κ2) is 8.04. The molecule has 1 aromatic carbocycles. The van der Waals surface area contributed by atoms with Gasteiger partial charge in [-0.25, -0.2) is 4.98 Å². The minimum atomic E-state index is -0.123. The number of anilines is 1. The van der Waals surface area contributed by atoms with Gasteiger partial charge in [-0.05, 0) is 30.3 Å². The second-order valence-electron chi connectivity index (χ2n) is 4.27. The lowest BCUT2D eigenvalue weighted by atomic mass is 10.2. The first-order valence-electron chi connectivity index (χ1n) is 6.32. The van der Waals surface area contributed by atoms with Crippen LogP contribution in [0.1, 0.15) is 12.0 Å². The van der Waals surface area contributed by atoms with Crippen molar-refractivity contribution in [1.82, 2.24) is 4.98 Å². The molecule has 0 saturated heterocycles. The molecule has 0 saturated carbocycles. The van der Waals surface area contributed by atoms with Gasteiger partial charge in [0, 0.05) is 24.1 Å². The largest absolute Gasteiger partial charge is 0.326 e. The number of nitrogens with zero attached hydrogens (tertiary/aromatic N) is 2.